The summed E-state index contributed by atoms with van der Waals surface area (Å²) in [6.07, 6.45) is 5.40. The fourth-order valence-electron chi connectivity index (χ4n) is 5.08. The first kappa shape index (κ1) is 23.0. The minimum Gasteiger partial charge on any atom is -0.376 e. The van der Waals surface area contributed by atoms with E-state index in [1.165, 1.54) is 11.1 Å². The Morgan fingerprint density at radius 3 is 2.62 bits per heavy atom. The standard InChI is InChI=1S/C26H38N4O2/c1-4-24-20(3)25(28-27-24)26(31)30(18-23-10-7-15-32-23)16-21-11-13-29(14-12-21)17-22-9-6-5-8-19(22)2/h5-6,8-9,21,23H,4,7,10-18H2,1-3H3,(H,27,28)/t23-/m0/s1. The van der Waals surface area contributed by atoms with Gasteiger partial charge in [0.05, 0.1) is 6.10 Å². The fourth-order valence-corrected chi connectivity index (χ4v) is 5.08. The summed E-state index contributed by atoms with van der Waals surface area (Å²) in [6, 6.07) is 8.66. The molecule has 2 fully saturated rings. The highest BCUT2D eigenvalue weighted by atomic mass is 16.5. The number of aryl methyl sites for hydroxylation is 2. The lowest BCUT2D eigenvalue weighted by Crippen LogP contribution is -2.43. The lowest BCUT2D eigenvalue weighted by molar-refractivity contribution is 0.0440. The largest absolute Gasteiger partial charge is 0.376 e. The van der Waals surface area contributed by atoms with Gasteiger partial charge in [0.25, 0.3) is 5.91 Å². The van der Waals surface area contributed by atoms with Gasteiger partial charge in [-0.3, -0.25) is 14.8 Å². The SMILES string of the molecule is CCc1[nH]nc(C(=O)N(CC2CCN(Cc3ccccc3C)CC2)C[C@@H]2CCCO2)c1C. The van der Waals surface area contributed by atoms with Gasteiger partial charge in [-0.1, -0.05) is 31.2 Å². The first-order valence-corrected chi connectivity index (χ1v) is 12.3. The number of nitrogens with zero attached hydrogens (tertiary/aromatic N) is 3. The van der Waals surface area contributed by atoms with E-state index in [1.54, 1.807) is 0 Å². The third kappa shape index (κ3) is 5.41. The van der Waals surface area contributed by atoms with Crippen LogP contribution in [-0.2, 0) is 17.7 Å². The summed E-state index contributed by atoms with van der Waals surface area (Å²) in [5, 5.41) is 7.43. The number of carbonyl (C=O) groups excluding carboxylic acids is 1. The van der Waals surface area contributed by atoms with Crippen LogP contribution in [0.15, 0.2) is 24.3 Å². The van der Waals surface area contributed by atoms with Gasteiger partial charge in [-0.2, -0.15) is 5.10 Å². The molecule has 1 aromatic carbocycles. The molecule has 2 saturated heterocycles. The predicted molar refractivity (Wildman–Crippen MR) is 127 cm³/mol. The van der Waals surface area contributed by atoms with E-state index in [0.29, 0.717) is 18.2 Å². The number of aromatic amines is 1. The molecule has 1 aromatic heterocycles. The molecular weight excluding hydrogens is 400 g/mol. The molecule has 3 heterocycles. The van der Waals surface area contributed by atoms with E-state index in [9.17, 15) is 4.79 Å². The minimum atomic E-state index is 0.0521. The molecule has 1 amide bonds. The first-order valence-electron chi connectivity index (χ1n) is 12.3. The number of H-pyrrole nitrogens is 1. The minimum absolute atomic E-state index is 0.0521. The molecule has 32 heavy (non-hydrogen) atoms. The Balaban J connectivity index is 1.38. The van der Waals surface area contributed by atoms with Crippen LogP contribution >= 0.6 is 0 Å². The van der Waals surface area contributed by atoms with Crippen molar-refractivity contribution in [2.24, 2.45) is 5.92 Å². The van der Waals surface area contributed by atoms with Crippen LogP contribution in [0.2, 0.25) is 0 Å². The number of hydrogen-bond donors (Lipinski definition) is 1. The zero-order valence-corrected chi connectivity index (χ0v) is 19.9. The monoisotopic (exact) mass is 438 g/mol. The van der Waals surface area contributed by atoms with Gasteiger partial charge < -0.3 is 9.64 Å². The topological polar surface area (TPSA) is 61.5 Å². The highest BCUT2D eigenvalue weighted by Gasteiger charge is 2.30. The normalized spacial score (nSPS) is 20.0. The third-order valence-corrected chi connectivity index (χ3v) is 7.24. The van der Waals surface area contributed by atoms with Crippen molar-refractivity contribution in [1.29, 1.82) is 0 Å². The second kappa shape index (κ2) is 10.6. The van der Waals surface area contributed by atoms with Crippen LogP contribution in [0, 0.1) is 19.8 Å². The van der Waals surface area contributed by atoms with Crippen molar-refractivity contribution in [3.8, 4) is 0 Å². The number of carbonyl (C=O) groups is 1. The van der Waals surface area contributed by atoms with E-state index in [4.69, 9.17) is 4.74 Å². The molecule has 6 nitrogen and oxygen atoms in total. The Kier molecular flexibility index (Phi) is 7.63. The van der Waals surface area contributed by atoms with Gasteiger partial charge in [0.1, 0.15) is 0 Å². The molecule has 2 aliphatic rings. The smallest absolute Gasteiger partial charge is 0.274 e. The van der Waals surface area contributed by atoms with E-state index < -0.39 is 0 Å². The van der Waals surface area contributed by atoms with E-state index >= 15 is 0 Å². The Morgan fingerprint density at radius 1 is 1.19 bits per heavy atom. The summed E-state index contributed by atoms with van der Waals surface area (Å²) in [6.45, 7) is 11.8. The quantitative estimate of drug-likeness (QED) is 0.673. The molecule has 0 radical (unpaired) electrons. The van der Waals surface area contributed by atoms with Crippen LogP contribution in [-0.4, -0.2) is 64.8 Å². The van der Waals surface area contributed by atoms with Crippen LogP contribution in [0.25, 0.3) is 0 Å². The van der Waals surface area contributed by atoms with Crippen molar-refractivity contribution < 1.29 is 9.53 Å². The number of ether oxygens (including phenoxy) is 1. The van der Waals surface area contributed by atoms with Crippen LogP contribution in [0.3, 0.4) is 0 Å². The first-order chi connectivity index (χ1) is 15.5. The number of aromatic nitrogens is 2. The maximum atomic E-state index is 13.5. The van der Waals surface area contributed by atoms with Crippen molar-refractivity contribution in [1.82, 2.24) is 20.0 Å². The lowest BCUT2D eigenvalue weighted by atomic mass is 9.95. The molecule has 2 aliphatic heterocycles. The summed E-state index contributed by atoms with van der Waals surface area (Å²) in [5.74, 6) is 0.578. The second-order valence-corrected chi connectivity index (χ2v) is 9.52. The van der Waals surface area contributed by atoms with Gasteiger partial charge >= 0.3 is 0 Å². The van der Waals surface area contributed by atoms with E-state index in [1.807, 2.05) is 11.8 Å². The Bertz CT molecular complexity index is 895. The van der Waals surface area contributed by atoms with E-state index in [0.717, 1.165) is 76.1 Å². The van der Waals surface area contributed by atoms with Crippen LogP contribution in [0.1, 0.15) is 65.5 Å². The van der Waals surface area contributed by atoms with Crippen LogP contribution < -0.4 is 0 Å². The summed E-state index contributed by atoms with van der Waals surface area (Å²) in [7, 11) is 0. The zero-order chi connectivity index (χ0) is 22.5. The predicted octanol–water partition coefficient (Wildman–Crippen LogP) is 4.12. The second-order valence-electron chi connectivity index (χ2n) is 9.52. The van der Waals surface area contributed by atoms with Crippen molar-refractivity contribution in [3.05, 3.63) is 52.3 Å². The average molecular weight is 439 g/mol. The van der Waals surface area contributed by atoms with E-state index in [-0.39, 0.29) is 12.0 Å². The molecule has 0 unspecified atom stereocenters. The maximum Gasteiger partial charge on any atom is 0.274 e. The van der Waals surface area contributed by atoms with Gasteiger partial charge in [0.15, 0.2) is 5.69 Å². The number of likely N-dealkylation sites (tertiary alicyclic amines) is 1. The highest BCUT2D eigenvalue weighted by molar-refractivity contribution is 5.94. The summed E-state index contributed by atoms with van der Waals surface area (Å²) in [4.78, 5) is 18.1. The zero-order valence-electron chi connectivity index (χ0n) is 19.9. The molecule has 0 saturated carbocycles. The van der Waals surface area contributed by atoms with Crippen LogP contribution in [0.4, 0.5) is 0 Å². The number of hydrogen-bond acceptors (Lipinski definition) is 4. The molecule has 6 heteroatoms. The van der Waals surface area contributed by atoms with Crippen LogP contribution in [0.5, 0.6) is 0 Å². The van der Waals surface area contributed by atoms with Gasteiger partial charge in [-0.05, 0) is 76.1 Å². The number of rotatable bonds is 8. The number of amides is 1. The molecule has 1 atom stereocenters. The number of piperidine rings is 1. The maximum absolute atomic E-state index is 13.5. The van der Waals surface area contributed by atoms with Crippen molar-refractivity contribution in [2.45, 2.75) is 65.5 Å². The van der Waals surface area contributed by atoms with Gasteiger partial charge in [0, 0.05) is 37.5 Å². The molecule has 174 valence electrons. The Hall–Kier alpha value is -2.18. The van der Waals surface area contributed by atoms with Gasteiger partial charge in [0.2, 0.25) is 0 Å². The van der Waals surface area contributed by atoms with Crippen molar-refractivity contribution in [2.75, 3.05) is 32.8 Å². The summed E-state index contributed by atoms with van der Waals surface area (Å²) in [5.41, 5.74) is 5.40. The van der Waals surface area contributed by atoms with Crippen molar-refractivity contribution >= 4 is 5.91 Å². The number of nitrogens with one attached hydrogen (secondary N) is 1. The Labute approximate surface area is 192 Å². The molecule has 2 aromatic rings. The summed E-state index contributed by atoms with van der Waals surface area (Å²) >= 11 is 0. The van der Waals surface area contributed by atoms with Gasteiger partial charge in [-0.15, -0.1) is 0 Å². The average Bonchev–Trinajstić information content (AvgIpc) is 3.45. The molecular formula is C26H38N4O2. The molecule has 1 N–H and O–H groups in total. The highest BCUT2D eigenvalue weighted by Crippen LogP contribution is 2.24. The lowest BCUT2D eigenvalue weighted by Gasteiger charge is -2.35. The Morgan fingerprint density at radius 2 is 1.97 bits per heavy atom. The molecule has 0 spiro atoms. The summed E-state index contributed by atoms with van der Waals surface area (Å²) < 4.78 is 5.88. The fraction of sp³-hybridized carbons (Fsp3) is 0.615. The molecule has 4 rings (SSSR count). The van der Waals surface area contributed by atoms with Crippen molar-refractivity contribution in [3.63, 3.8) is 0 Å². The molecule has 0 aliphatic carbocycles. The molecule has 0 bridgehead atoms. The van der Waals surface area contributed by atoms with E-state index in [2.05, 4.69) is 53.2 Å². The number of benzene rings is 1. The third-order valence-electron chi connectivity index (χ3n) is 7.24. The van der Waals surface area contributed by atoms with Gasteiger partial charge in [-0.25, -0.2) is 0 Å².